The van der Waals surface area contributed by atoms with Gasteiger partial charge in [0, 0.05) is 19.0 Å². The molecule has 1 saturated heterocycles. The monoisotopic (exact) mass is 186 g/mol. The Hall–Kier alpha value is -1.10. The van der Waals surface area contributed by atoms with Gasteiger partial charge in [0.05, 0.1) is 0 Å². The Kier molecular flexibility index (Phi) is 2.30. The molecule has 0 bridgehead atoms. The Morgan fingerprint density at radius 2 is 2.15 bits per heavy atom. The summed E-state index contributed by atoms with van der Waals surface area (Å²) >= 11 is 0. The van der Waals surface area contributed by atoms with Crippen molar-refractivity contribution in [2.75, 3.05) is 13.6 Å². The predicted octanol–water partition coefficient (Wildman–Crippen LogP) is -0.0713. The highest BCUT2D eigenvalue weighted by Crippen LogP contribution is 2.27. The van der Waals surface area contributed by atoms with Gasteiger partial charge < -0.3 is 5.11 Å². The normalized spacial score (nSPS) is 22.4. The highest BCUT2D eigenvalue weighted by Gasteiger charge is 2.41. The third kappa shape index (κ3) is 1.80. The van der Waals surface area contributed by atoms with Gasteiger partial charge in [-0.3, -0.25) is 14.6 Å². The summed E-state index contributed by atoms with van der Waals surface area (Å²) in [6.07, 6.45) is 0.372. The number of nitrogens with zero attached hydrogens (tertiary/aromatic N) is 2. The molecule has 74 valence electrons. The van der Waals surface area contributed by atoms with Crippen LogP contribution in [0.4, 0.5) is 0 Å². The van der Waals surface area contributed by atoms with Gasteiger partial charge in [0.25, 0.3) is 0 Å². The van der Waals surface area contributed by atoms with Crippen molar-refractivity contribution in [1.82, 2.24) is 10.0 Å². The molecular weight excluding hydrogens is 172 g/mol. The lowest BCUT2D eigenvalue weighted by atomic mass is 10.0. The minimum absolute atomic E-state index is 0.130. The third-order valence-electron chi connectivity index (χ3n) is 2.39. The molecule has 0 aliphatic carbocycles. The van der Waals surface area contributed by atoms with E-state index in [-0.39, 0.29) is 18.0 Å². The van der Waals surface area contributed by atoms with Crippen molar-refractivity contribution in [2.45, 2.75) is 25.8 Å². The van der Waals surface area contributed by atoms with Gasteiger partial charge in [-0.2, -0.15) is 0 Å². The van der Waals surface area contributed by atoms with Gasteiger partial charge in [-0.1, -0.05) is 0 Å². The van der Waals surface area contributed by atoms with Crippen molar-refractivity contribution in [3.05, 3.63) is 0 Å². The average Bonchev–Trinajstić information content (AvgIpc) is 2.12. The van der Waals surface area contributed by atoms with E-state index >= 15 is 0 Å². The summed E-state index contributed by atoms with van der Waals surface area (Å²) in [6, 6.07) is 0. The molecular formula is C8H14N2O3. The van der Waals surface area contributed by atoms with Crippen molar-refractivity contribution in [3.8, 4) is 0 Å². The average molecular weight is 186 g/mol. The van der Waals surface area contributed by atoms with Crippen LogP contribution in [-0.4, -0.2) is 46.1 Å². The molecule has 1 aliphatic heterocycles. The molecule has 0 unspecified atom stereocenters. The zero-order valence-corrected chi connectivity index (χ0v) is 8.07. The van der Waals surface area contributed by atoms with E-state index in [4.69, 9.17) is 5.11 Å². The first-order valence-electron chi connectivity index (χ1n) is 4.10. The molecule has 1 fully saturated rings. The molecule has 0 aromatic carbocycles. The van der Waals surface area contributed by atoms with Crippen LogP contribution in [0, 0.1) is 0 Å². The van der Waals surface area contributed by atoms with Crippen molar-refractivity contribution in [2.24, 2.45) is 0 Å². The molecule has 5 heteroatoms. The van der Waals surface area contributed by atoms with E-state index in [2.05, 4.69) is 0 Å². The topological polar surface area (TPSA) is 60.9 Å². The molecule has 0 atom stereocenters. The van der Waals surface area contributed by atoms with Crippen LogP contribution in [0.2, 0.25) is 0 Å². The largest absolute Gasteiger partial charge is 0.480 e. The van der Waals surface area contributed by atoms with E-state index in [1.165, 1.54) is 5.01 Å². The molecule has 0 spiro atoms. The Balaban J connectivity index is 2.76. The van der Waals surface area contributed by atoms with E-state index in [1.54, 1.807) is 12.1 Å². The minimum atomic E-state index is -0.988. The molecule has 1 amide bonds. The van der Waals surface area contributed by atoms with Gasteiger partial charge in [-0.05, 0) is 13.8 Å². The van der Waals surface area contributed by atoms with Crippen molar-refractivity contribution < 1.29 is 14.7 Å². The van der Waals surface area contributed by atoms with Crippen LogP contribution in [0.5, 0.6) is 0 Å². The summed E-state index contributed by atoms with van der Waals surface area (Å²) in [4.78, 5) is 21.8. The molecule has 13 heavy (non-hydrogen) atoms. The second-order valence-corrected chi connectivity index (χ2v) is 3.86. The fraction of sp³-hybridized carbons (Fsp3) is 0.750. The van der Waals surface area contributed by atoms with Crippen LogP contribution in [0.3, 0.4) is 0 Å². The first-order chi connectivity index (χ1) is 5.84. The number of aliphatic carboxylic acids is 1. The number of carbonyl (C=O) groups is 2. The van der Waals surface area contributed by atoms with Gasteiger partial charge in [0.1, 0.15) is 6.54 Å². The van der Waals surface area contributed by atoms with E-state index in [1.807, 2.05) is 13.8 Å². The first-order valence-corrected chi connectivity index (χ1v) is 4.10. The number of hydrogen-bond acceptors (Lipinski definition) is 3. The predicted molar refractivity (Wildman–Crippen MR) is 45.8 cm³/mol. The Morgan fingerprint density at radius 1 is 1.62 bits per heavy atom. The molecule has 0 saturated carbocycles. The van der Waals surface area contributed by atoms with Crippen LogP contribution >= 0.6 is 0 Å². The fourth-order valence-electron chi connectivity index (χ4n) is 1.39. The molecule has 0 radical (unpaired) electrons. The molecule has 5 nitrogen and oxygen atoms in total. The molecule has 0 aromatic rings. The van der Waals surface area contributed by atoms with E-state index in [0.717, 1.165) is 0 Å². The highest BCUT2D eigenvalue weighted by molar-refractivity contribution is 5.83. The zero-order valence-electron chi connectivity index (χ0n) is 8.07. The number of carboxylic acids is 1. The van der Waals surface area contributed by atoms with Gasteiger partial charge in [0.2, 0.25) is 5.91 Å². The van der Waals surface area contributed by atoms with Crippen molar-refractivity contribution in [3.63, 3.8) is 0 Å². The Bertz CT molecular complexity index is 250. The van der Waals surface area contributed by atoms with Gasteiger partial charge in [-0.25, -0.2) is 5.01 Å². The molecule has 1 rings (SSSR count). The van der Waals surface area contributed by atoms with Crippen LogP contribution in [0.1, 0.15) is 20.3 Å². The number of hydrazine groups is 1. The van der Waals surface area contributed by atoms with E-state index < -0.39 is 5.97 Å². The zero-order chi connectivity index (χ0) is 10.2. The van der Waals surface area contributed by atoms with Gasteiger partial charge in [0.15, 0.2) is 0 Å². The lowest BCUT2D eigenvalue weighted by Crippen LogP contribution is -2.46. The smallest absolute Gasteiger partial charge is 0.324 e. The number of carbonyl (C=O) groups excluding carboxylic acids is 1. The number of rotatable bonds is 2. The summed E-state index contributed by atoms with van der Waals surface area (Å²) in [7, 11) is 1.73. The summed E-state index contributed by atoms with van der Waals surface area (Å²) in [5, 5.41) is 11.5. The standard InChI is InChI=1S/C8H14N2O3/c1-8(2)4-6(11)10(9(8)3)5-7(12)13/h4-5H2,1-3H3,(H,12,13). The quantitative estimate of drug-likeness (QED) is 0.655. The minimum Gasteiger partial charge on any atom is -0.480 e. The molecule has 0 aromatic heterocycles. The van der Waals surface area contributed by atoms with Crippen LogP contribution in [-0.2, 0) is 9.59 Å². The summed E-state index contributed by atoms with van der Waals surface area (Å²) in [5.74, 6) is -1.12. The Labute approximate surface area is 76.9 Å². The highest BCUT2D eigenvalue weighted by atomic mass is 16.4. The Morgan fingerprint density at radius 3 is 2.46 bits per heavy atom. The van der Waals surface area contributed by atoms with Gasteiger partial charge in [-0.15, -0.1) is 0 Å². The lowest BCUT2D eigenvalue weighted by Gasteiger charge is -2.31. The maximum atomic E-state index is 11.4. The second kappa shape index (κ2) is 2.99. The number of amides is 1. The maximum absolute atomic E-state index is 11.4. The van der Waals surface area contributed by atoms with Gasteiger partial charge >= 0.3 is 5.97 Å². The van der Waals surface area contributed by atoms with Crippen molar-refractivity contribution in [1.29, 1.82) is 0 Å². The first kappa shape index (κ1) is 9.98. The third-order valence-corrected chi connectivity index (χ3v) is 2.39. The van der Waals surface area contributed by atoms with E-state index in [9.17, 15) is 9.59 Å². The number of hydrogen-bond donors (Lipinski definition) is 1. The summed E-state index contributed by atoms with van der Waals surface area (Å²) in [5.41, 5.74) is -0.271. The SMILES string of the molecule is CN1N(CC(=O)O)C(=O)CC1(C)C. The molecule has 1 heterocycles. The van der Waals surface area contributed by atoms with Crippen LogP contribution in [0.25, 0.3) is 0 Å². The lowest BCUT2D eigenvalue weighted by molar-refractivity contribution is -0.152. The molecule has 1 N–H and O–H groups in total. The summed E-state index contributed by atoms with van der Waals surface area (Å²) in [6.45, 7) is 3.57. The fourth-order valence-corrected chi connectivity index (χ4v) is 1.39. The maximum Gasteiger partial charge on any atom is 0.324 e. The van der Waals surface area contributed by atoms with Crippen LogP contribution in [0.15, 0.2) is 0 Å². The van der Waals surface area contributed by atoms with E-state index in [0.29, 0.717) is 6.42 Å². The van der Waals surface area contributed by atoms with Crippen molar-refractivity contribution >= 4 is 11.9 Å². The van der Waals surface area contributed by atoms with Crippen LogP contribution < -0.4 is 0 Å². The molecule has 1 aliphatic rings. The number of carboxylic acid groups (broad SMARTS) is 1. The second-order valence-electron chi connectivity index (χ2n) is 3.86. The summed E-state index contributed by atoms with van der Waals surface area (Å²) < 4.78 is 0.